The standard InChI is InChI=1S/C10H11NO4/c1-6-3-7(10(14)15-2)4-8(11-6)5-9(12)13/h3-4H,5H2,1-2H3,(H,12,13). The lowest BCUT2D eigenvalue weighted by Gasteiger charge is -2.03. The number of methoxy groups -OCH3 is 1. The van der Waals surface area contributed by atoms with Crippen molar-refractivity contribution in [2.24, 2.45) is 0 Å². The predicted octanol–water partition coefficient (Wildman–Crippen LogP) is 0.804. The Morgan fingerprint density at radius 2 is 2.13 bits per heavy atom. The summed E-state index contributed by atoms with van der Waals surface area (Å²) in [5.74, 6) is -1.48. The van der Waals surface area contributed by atoms with Crippen molar-refractivity contribution in [1.82, 2.24) is 4.98 Å². The maximum Gasteiger partial charge on any atom is 0.337 e. The van der Waals surface area contributed by atoms with Crippen LogP contribution in [-0.4, -0.2) is 29.1 Å². The molecule has 1 aromatic rings. The van der Waals surface area contributed by atoms with E-state index in [1.165, 1.54) is 13.2 Å². The van der Waals surface area contributed by atoms with Crippen LogP contribution in [0.5, 0.6) is 0 Å². The minimum absolute atomic E-state index is 0.203. The molecule has 0 aliphatic heterocycles. The van der Waals surface area contributed by atoms with Crippen LogP contribution in [0.3, 0.4) is 0 Å². The van der Waals surface area contributed by atoms with Crippen LogP contribution in [-0.2, 0) is 16.0 Å². The minimum Gasteiger partial charge on any atom is -0.481 e. The molecular weight excluding hydrogens is 198 g/mol. The maximum absolute atomic E-state index is 11.2. The summed E-state index contributed by atoms with van der Waals surface area (Å²) in [5, 5.41) is 8.59. The smallest absolute Gasteiger partial charge is 0.337 e. The van der Waals surface area contributed by atoms with Crippen LogP contribution >= 0.6 is 0 Å². The maximum atomic E-state index is 11.2. The van der Waals surface area contributed by atoms with Gasteiger partial charge in [0.1, 0.15) is 0 Å². The number of carboxylic acid groups (broad SMARTS) is 1. The number of aliphatic carboxylic acids is 1. The molecule has 5 nitrogen and oxygen atoms in total. The summed E-state index contributed by atoms with van der Waals surface area (Å²) in [7, 11) is 1.27. The summed E-state index contributed by atoms with van der Waals surface area (Å²) in [6.07, 6.45) is -0.203. The van der Waals surface area contributed by atoms with Gasteiger partial charge < -0.3 is 9.84 Å². The molecule has 1 heterocycles. The van der Waals surface area contributed by atoms with Crippen molar-refractivity contribution >= 4 is 11.9 Å². The molecule has 0 aliphatic rings. The number of ether oxygens (including phenoxy) is 1. The van der Waals surface area contributed by atoms with E-state index in [4.69, 9.17) is 5.11 Å². The molecule has 0 spiro atoms. The largest absolute Gasteiger partial charge is 0.481 e. The minimum atomic E-state index is -0.982. The summed E-state index contributed by atoms with van der Waals surface area (Å²) in [6, 6.07) is 2.98. The average molecular weight is 209 g/mol. The monoisotopic (exact) mass is 209 g/mol. The molecule has 15 heavy (non-hydrogen) atoms. The molecular formula is C10H11NO4. The van der Waals surface area contributed by atoms with E-state index in [1.807, 2.05) is 0 Å². The van der Waals surface area contributed by atoms with Gasteiger partial charge in [-0.25, -0.2) is 4.79 Å². The van der Waals surface area contributed by atoms with E-state index >= 15 is 0 Å². The highest BCUT2D eigenvalue weighted by atomic mass is 16.5. The summed E-state index contributed by atoms with van der Waals surface area (Å²) in [6.45, 7) is 1.69. The van der Waals surface area contributed by atoms with Crippen molar-refractivity contribution in [3.63, 3.8) is 0 Å². The van der Waals surface area contributed by atoms with Crippen LogP contribution in [0.4, 0.5) is 0 Å². The molecule has 0 amide bonds. The highest BCUT2D eigenvalue weighted by molar-refractivity contribution is 5.89. The molecule has 0 bridgehead atoms. The lowest BCUT2D eigenvalue weighted by molar-refractivity contribution is -0.136. The number of pyridine rings is 1. The number of esters is 1. The Labute approximate surface area is 86.7 Å². The summed E-state index contributed by atoms with van der Waals surface area (Å²) < 4.78 is 4.54. The topological polar surface area (TPSA) is 76.5 Å². The Morgan fingerprint density at radius 3 is 2.67 bits per heavy atom. The number of carbonyl (C=O) groups excluding carboxylic acids is 1. The molecule has 80 valence electrons. The van der Waals surface area contributed by atoms with Crippen molar-refractivity contribution < 1.29 is 19.4 Å². The number of carbonyl (C=O) groups is 2. The van der Waals surface area contributed by atoms with Gasteiger partial charge in [0.15, 0.2) is 0 Å². The van der Waals surface area contributed by atoms with Crippen molar-refractivity contribution in [2.75, 3.05) is 7.11 Å². The Balaban J connectivity index is 3.04. The molecule has 0 saturated heterocycles. The Bertz CT molecular complexity index is 400. The van der Waals surface area contributed by atoms with Gasteiger partial charge in [0.25, 0.3) is 0 Å². The van der Waals surface area contributed by atoms with Gasteiger partial charge in [0.2, 0.25) is 0 Å². The molecule has 0 saturated carbocycles. The second-order valence-corrected chi connectivity index (χ2v) is 3.05. The van der Waals surface area contributed by atoms with Crippen molar-refractivity contribution in [3.8, 4) is 0 Å². The van der Waals surface area contributed by atoms with E-state index in [1.54, 1.807) is 13.0 Å². The fraction of sp³-hybridized carbons (Fsp3) is 0.300. The first-order valence-corrected chi connectivity index (χ1v) is 4.30. The number of hydrogen-bond acceptors (Lipinski definition) is 4. The van der Waals surface area contributed by atoms with E-state index in [9.17, 15) is 9.59 Å². The van der Waals surface area contributed by atoms with Crippen molar-refractivity contribution in [3.05, 3.63) is 29.1 Å². The zero-order valence-electron chi connectivity index (χ0n) is 8.48. The molecule has 0 fully saturated rings. The van der Waals surface area contributed by atoms with Crippen LogP contribution in [0.15, 0.2) is 12.1 Å². The van der Waals surface area contributed by atoms with Crippen LogP contribution in [0.25, 0.3) is 0 Å². The third-order valence-corrected chi connectivity index (χ3v) is 1.76. The lowest BCUT2D eigenvalue weighted by atomic mass is 10.1. The summed E-state index contributed by atoms with van der Waals surface area (Å²) in [4.78, 5) is 25.7. The summed E-state index contributed by atoms with van der Waals surface area (Å²) in [5.41, 5.74) is 1.26. The zero-order valence-corrected chi connectivity index (χ0v) is 8.48. The third-order valence-electron chi connectivity index (χ3n) is 1.76. The van der Waals surface area contributed by atoms with E-state index in [0.717, 1.165) is 0 Å². The van der Waals surface area contributed by atoms with Crippen LogP contribution in [0, 0.1) is 6.92 Å². The molecule has 0 aromatic carbocycles. The van der Waals surface area contributed by atoms with Gasteiger partial charge in [0.05, 0.1) is 24.8 Å². The van der Waals surface area contributed by atoms with Crippen LogP contribution < -0.4 is 0 Å². The molecule has 0 atom stereocenters. The Kier molecular flexibility index (Phi) is 3.38. The second kappa shape index (κ2) is 4.54. The first-order valence-electron chi connectivity index (χ1n) is 4.30. The SMILES string of the molecule is COC(=O)c1cc(C)nc(CC(=O)O)c1. The first-order chi connectivity index (χ1) is 7.02. The lowest BCUT2D eigenvalue weighted by Crippen LogP contribution is -2.07. The van der Waals surface area contributed by atoms with Gasteiger partial charge in [-0.15, -0.1) is 0 Å². The number of carboxylic acids is 1. The van der Waals surface area contributed by atoms with Crippen molar-refractivity contribution in [2.45, 2.75) is 13.3 Å². The van der Waals surface area contributed by atoms with Gasteiger partial charge in [-0.05, 0) is 19.1 Å². The van der Waals surface area contributed by atoms with E-state index < -0.39 is 11.9 Å². The predicted molar refractivity (Wildman–Crippen MR) is 51.7 cm³/mol. The number of aryl methyl sites for hydroxylation is 1. The fourth-order valence-corrected chi connectivity index (χ4v) is 1.22. The van der Waals surface area contributed by atoms with Gasteiger partial charge in [0, 0.05) is 5.69 Å². The zero-order chi connectivity index (χ0) is 11.4. The molecule has 0 radical (unpaired) electrons. The normalized spacial score (nSPS) is 9.73. The quantitative estimate of drug-likeness (QED) is 0.745. The van der Waals surface area contributed by atoms with Crippen LogP contribution in [0.2, 0.25) is 0 Å². The molecule has 0 unspecified atom stereocenters. The second-order valence-electron chi connectivity index (χ2n) is 3.05. The van der Waals surface area contributed by atoms with Gasteiger partial charge in [-0.2, -0.15) is 0 Å². The molecule has 5 heteroatoms. The summed E-state index contributed by atoms with van der Waals surface area (Å²) >= 11 is 0. The Morgan fingerprint density at radius 1 is 1.47 bits per heavy atom. The van der Waals surface area contributed by atoms with Gasteiger partial charge in [-0.1, -0.05) is 0 Å². The molecule has 1 N–H and O–H groups in total. The number of hydrogen-bond donors (Lipinski definition) is 1. The third kappa shape index (κ3) is 3.05. The first kappa shape index (κ1) is 11.2. The highest BCUT2D eigenvalue weighted by Crippen LogP contribution is 2.07. The van der Waals surface area contributed by atoms with E-state index in [0.29, 0.717) is 17.0 Å². The van der Waals surface area contributed by atoms with Gasteiger partial charge >= 0.3 is 11.9 Å². The van der Waals surface area contributed by atoms with E-state index in [2.05, 4.69) is 9.72 Å². The molecule has 1 aromatic heterocycles. The Hall–Kier alpha value is -1.91. The average Bonchev–Trinajstić information content (AvgIpc) is 2.14. The molecule has 0 aliphatic carbocycles. The van der Waals surface area contributed by atoms with Gasteiger partial charge in [-0.3, -0.25) is 9.78 Å². The number of nitrogens with zero attached hydrogens (tertiary/aromatic N) is 1. The number of rotatable bonds is 3. The van der Waals surface area contributed by atoms with Crippen molar-refractivity contribution in [1.29, 1.82) is 0 Å². The van der Waals surface area contributed by atoms with E-state index in [-0.39, 0.29) is 6.42 Å². The number of aromatic nitrogens is 1. The van der Waals surface area contributed by atoms with Crippen LogP contribution in [0.1, 0.15) is 21.7 Å². The fourth-order valence-electron chi connectivity index (χ4n) is 1.22. The molecule has 1 rings (SSSR count). The highest BCUT2D eigenvalue weighted by Gasteiger charge is 2.10.